The third-order valence-electron chi connectivity index (χ3n) is 4.64. The van der Waals surface area contributed by atoms with Crippen LogP contribution < -0.4 is 9.62 Å². The van der Waals surface area contributed by atoms with Crippen LogP contribution in [0.5, 0.6) is 0 Å². The second kappa shape index (κ2) is 8.89. The van der Waals surface area contributed by atoms with E-state index in [0.29, 0.717) is 23.6 Å². The molecule has 3 rings (SSSR count). The van der Waals surface area contributed by atoms with Gasteiger partial charge >= 0.3 is 0 Å². The van der Waals surface area contributed by atoms with Crippen molar-refractivity contribution in [1.82, 2.24) is 4.72 Å². The molecule has 0 atom stereocenters. The zero-order valence-corrected chi connectivity index (χ0v) is 16.4. The van der Waals surface area contributed by atoms with Gasteiger partial charge in [-0.3, -0.25) is 0 Å². The molecule has 0 aliphatic carbocycles. The summed E-state index contributed by atoms with van der Waals surface area (Å²) in [4.78, 5) is 2.42. The fraction of sp³-hybridized carbons (Fsp3) is 0.400. The van der Waals surface area contributed by atoms with E-state index in [1.165, 1.54) is 24.9 Å². The molecule has 26 heavy (non-hydrogen) atoms. The van der Waals surface area contributed by atoms with Crippen molar-refractivity contribution in [2.45, 2.75) is 31.4 Å². The lowest BCUT2D eigenvalue weighted by atomic mass is 10.1. The first-order valence-corrected chi connectivity index (χ1v) is 11.1. The summed E-state index contributed by atoms with van der Waals surface area (Å²) in [6.07, 6.45) is 4.52. The van der Waals surface area contributed by atoms with Crippen molar-refractivity contribution in [3.8, 4) is 0 Å². The summed E-state index contributed by atoms with van der Waals surface area (Å²) in [6.45, 7) is 2.65. The molecule has 2 aromatic carbocycles. The molecular weight excluding hydrogens is 368 g/mol. The average Bonchev–Trinajstić information content (AvgIpc) is 2.62. The first-order valence-electron chi connectivity index (χ1n) is 9.07. The Bertz CT molecular complexity index is 816. The summed E-state index contributed by atoms with van der Waals surface area (Å²) in [5.41, 5.74) is 3.09. The van der Waals surface area contributed by atoms with Crippen LogP contribution in [0.1, 0.15) is 30.4 Å². The van der Waals surface area contributed by atoms with E-state index in [-0.39, 0.29) is 5.75 Å². The highest BCUT2D eigenvalue weighted by atomic mass is 35.5. The van der Waals surface area contributed by atoms with Crippen LogP contribution in [0.25, 0.3) is 0 Å². The van der Waals surface area contributed by atoms with Gasteiger partial charge in [-0.15, -0.1) is 0 Å². The zero-order chi connectivity index (χ0) is 18.4. The molecule has 0 bridgehead atoms. The Labute approximate surface area is 161 Å². The van der Waals surface area contributed by atoms with E-state index < -0.39 is 10.0 Å². The number of nitrogens with one attached hydrogen (secondary N) is 1. The number of halogens is 1. The van der Waals surface area contributed by atoms with Gasteiger partial charge < -0.3 is 4.90 Å². The van der Waals surface area contributed by atoms with Gasteiger partial charge in [-0.05, 0) is 61.1 Å². The maximum atomic E-state index is 12.2. The lowest BCUT2D eigenvalue weighted by molar-refractivity contribution is 0.577. The SMILES string of the molecule is O=S(=O)(Cc1cccc(Cl)c1)NCCc1ccc(N2CCCCC2)cc1. The largest absolute Gasteiger partial charge is 0.372 e. The first kappa shape index (κ1) is 19.2. The number of hydrogen-bond acceptors (Lipinski definition) is 3. The minimum absolute atomic E-state index is 0.0541. The average molecular weight is 393 g/mol. The van der Waals surface area contributed by atoms with Crippen LogP contribution in [0, 0.1) is 0 Å². The molecule has 0 amide bonds. The Morgan fingerprint density at radius 3 is 2.38 bits per heavy atom. The molecule has 4 nitrogen and oxygen atoms in total. The van der Waals surface area contributed by atoms with Crippen LogP contribution in [0.4, 0.5) is 5.69 Å². The maximum Gasteiger partial charge on any atom is 0.215 e. The van der Waals surface area contributed by atoms with Crippen molar-refractivity contribution < 1.29 is 8.42 Å². The Morgan fingerprint density at radius 1 is 0.962 bits per heavy atom. The summed E-state index contributed by atoms with van der Waals surface area (Å²) < 4.78 is 27.1. The summed E-state index contributed by atoms with van der Waals surface area (Å²) >= 11 is 5.91. The monoisotopic (exact) mass is 392 g/mol. The van der Waals surface area contributed by atoms with Crippen LogP contribution in [0.2, 0.25) is 5.02 Å². The molecule has 0 radical (unpaired) electrons. The highest BCUT2D eigenvalue weighted by Crippen LogP contribution is 2.20. The molecule has 1 N–H and O–H groups in total. The van der Waals surface area contributed by atoms with Gasteiger partial charge in [0.25, 0.3) is 0 Å². The number of benzene rings is 2. The van der Waals surface area contributed by atoms with Crippen LogP contribution >= 0.6 is 11.6 Å². The first-order chi connectivity index (χ1) is 12.5. The zero-order valence-electron chi connectivity index (χ0n) is 14.8. The molecule has 0 saturated carbocycles. The molecule has 1 aliphatic heterocycles. The van der Waals surface area contributed by atoms with Gasteiger partial charge in [-0.1, -0.05) is 35.9 Å². The van der Waals surface area contributed by atoms with Gasteiger partial charge in [-0.2, -0.15) is 0 Å². The van der Waals surface area contributed by atoms with Gasteiger partial charge in [0.05, 0.1) is 5.75 Å². The number of piperidine rings is 1. The summed E-state index contributed by atoms with van der Waals surface area (Å²) in [7, 11) is -3.36. The van der Waals surface area contributed by atoms with E-state index in [4.69, 9.17) is 11.6 Å². The third-order valence-corrected chi connectivity index (χ3v) is 6.23. The van der Waals surface area contributed by atoms with E-state index in [0.717, 1.165) is 18.7 Å². The van der Waals surface area contributed by atoms with E-state index in [1.54, 1.807) is 24.3 Å². The molecule has 2 aromatic rings. The second-order valence-corrected chi connectivity index (χ2v) is 8.99. The number of rotatable bonds is 7. The highest BCUT2D eigenvalue weighted by Gasteiger charge is 2.12. The number of anilines is 1. The second-order valence-electron chi connectivity index (χ2n) is 6.75. The van der Waals surface area contributed by atoms with Gasteiger partial charge in [0.2, 0.25) is 10.0 Å². The Kier molecular flexibility index (Phi) is 6.57. The molecule has 0 spiro atoms. The molecular formula is C20H25ClN2O2S. The molecule has 1 heterocycles. The Morgan fingerprint density at radius 2 is 1.69 bits per heavy atom. The summed E-state index contributed by atoms with van der Waals surface area (Å²) in [6, 6.07) is 15.4. The number of hydrogen-bond donors (Lipinski definition) is 1. The normalized spacial score (nSPS) is 15.2. The van der Waals surface area contributed by atoms with Crippen molar-refractivity contribution in [2.75, 3.05) is 24.5 Å². The van der Waals surface area contributed by atoms with Gasteiger partial charge in [0.1, 0.15) is 0 Å². The smallest absolute Gasteiger partial charge is 0.215 e. The molecule has 140 valence electrons. The fourth-order valence-electron chi connectivity index (χ4n) is 3.27. The van der Waals surface area contributed by atoms with E-state index >= 15 is 0 Å². The van der Waals surface area contributed by atoms with Gasteiger partial charge in [0.15, 0.2) is 0 Å². The van der Waals surface area contributed by atoms with E-state index in [9.17, 15) is 8.42 Å². The van der Waals surface area contributed by atoms with Crippen molar-refractivity contribution >= 4 is 27.3 Å². The molecule has 1 saturated heterocycles. The summed E-state index contributed by atoms with van der Waals surface area (Å²) in [5.74, 6) is -0.0541. The van der Waals surface area contributed by atoms with Crippen molar-refractivity contribution in [3.05, 3.63) is 64.7 Å². The van der Waals surface area contributed by atoms with E-state index in [1.807, 2.05) is 0 Å². The minimum Gasteiger partial charge on any atom is -0.372 e. The van der Waals surface area contributed by atoms with E-state index in [2.05, 4.69) is 33.9 Å². The number of sulfonamides is 1. The molecule has 6 heteroatoms. The Balaban J connectivity index is 1.49. The molecule has 1 aliphatic rings. The van der Waals surface area contributed by atoms with Crippen molar-refractivity contribution in [1.29, 1.82) is 0 Å². The Hall–Kier alpha value is -1.56. The highest BCUT2D eigenvalue weighted by molar-refractivity contribution is 7.88. The fourth-order valence-corrected chi connectivity index (χ4v) is 4.62. The molecule has 0 aromatic heterocycles. The minimum atomic E-state index is -3.36. The topological polar surface area (TPSA) is 49.4 Å². The lowest BCUT2D eigenvalue weighted by Crippen LogP contribution is -2.29. The van der Waals surface area contributed by atoms with Crippen molar-refractivity contribution in [2.24, 2.45) is 0 Å². The quantitative estimate of drug-likeness (QED) is 0.774. The lowest BCUT2D eigenvalue weighted by Gasteiger charge is -2.28. The standard InChI is InChI=1S/C20H25ClN2O2S/c21-19-6-4-5-18(15-19)16-26(24,25)22-12-11-17-7-9-20(10-8-17)23-13-2-1-3-14-23/h4-10,15,22H,1-3,11-14,16H2. The van der Waals surface area contributed by atoms with Crippen LogP contribution in [-0.4, -0.2) is 28.1 Å². The summed E-state index contributed by atoms with van der Waals surface area (Å²) in [5, 5.41) is 0.548. The third kappa shape index (κ3) is 5.73. The molecule has 1 fully saturated rings. The van der Waals surface area contributed by atoms with Gasteiger partial charge in [0, 0.05) is 30.3 Å². The van der Waals surface area contributed by atoms with Crippen LogP contribution in [0.3, 0.4) is 0 Å². The predicted molar refractivity (Wildman–Crippen MR) is 108 cm³/mol. The predicted octanol–water partition coefficient (Wildman–Crippen LogP) is 3.99. The maximum absolute atomic E-state index is 12.2. The van der Waals surface area contributed by atoms with Gasteiger partial charge in [-0.25, -0.2) is 13.1 Å². The van der Waals surface area contributed by atoms with Crippen molar-refractivity contribution in [3.63, 3.8) is 0 Å². The van der Waals surface area contributed by atoms with Crippen LogP contribution in [0.15, 0.2) is 48.5 Å². The number of nitrogens with zero attached hydrogens (tertiary/aromatic N) is 1. The van der Waals surface area contributed by atoms with Crippen LogP contribution in [-0.2, 0) is 22.2 Å². The molecule has 0 unspecified atom stereocenters.